The number of hydrogen-bond acceptors (Lipinski definition) is 5. The van der Waals surface area contributed by atoms with E-state index in [4.69, 9.17) is 22.1 Å². The number of aliphatic hydroxyl groups excluding tert-OH is 1. The van der Waals surface area contributed by atoms with Crippen LogP contribution in [0.2, 0.25) is 5.02 Å². The molecule has 0 bridgehead atoms. The largest absolute Gasteiger partial charge is 0.429 e. The number of nitrogens with zero attached hydrogens (tertiary/aromatic N) is 2. The van der Waals surface area contributed by atoms with Gasteiger partial charge in [0.1, 0.15) is 17.2 Å². The van der Waals surface area contributed by atoms with E-state index in [0.29, 0.717) is 5.02 Å². The van der Waals surface area contributed by atoms with E-state index in [0.717, 1.165) is 12.3 Å². The van der Waals surface area contributed by atoms with Crippen LogP contribution in [0.25, 0.3) is 0 Å². The van der Waals surface area contributed by atoms with E-state index in [1.54, 1.807) is 12.1 Å². The first kappa shape index (κ1) is 23.2. The second kappa shape index (κ2) is 10.1. The van der Waals surface area contributed by atoms with Crippen LogP contribution in [0.4, 0.5) is 33.7 Å². The normalized spacial score (nSPS) is 11.9. The number of urea groups is 1. The summed E-state index contributed by atoms with van der Waals surface area (Å²) in [6, 6.07) is 6.09. The van der Waals surface area contributed by atoms with Gasteiger partial charge < -0.3 is 21.1 Å². The number of carbonyl (C=O) groups excluding carboxylic acids is 1. The highest BCUT2D eigenvalue weighted by atomic mass is 35.5. The summed E-state index contributed by atoms with van der Waals surface area (Å²) in [5.74, 6) is -0.836. The molecule has 4 N–H and O–H groups in total. The number of pyridine rings is 1. The van der Waals surface area contributed by atoms with Gasteiger partial charge in [-0.1, -0.05) is 17.7 Å². The Kier molecular flexibility index (Phi) is 7.84. The van der Waals surface area contributed by atoms with Crippen molar-refractivity contribution in [2.45, 2.75) is 19.2 Å². The first-order valence-corrected chi connectivity index (χ1v) is 8.73. The maximum atomic E-state index is 13.6. The number of aliphatic imine (C=N–C) groups is 1. The van der Waals surface area contributed by atoms with Crippen molar-refractivity contribution in [3.05, 3.63) is 53.1 Å². The van der Waals surface area contributed by atoms with Gasteiger partial charge in [0.05, 0.1) is 30.7 Å². The Morgan fingerprint density at radius 1 is 1.30 bits per heavy atom. The summed E-state index contributed by atoms with van der Waals surface area (Å²) in [6.45, 7) is -1.03. The molecule has 2 aromatic rings. The van der Waals surface area contributed by atoms with Crippen molar-refractivity contribution in [2.75, 3.05) is 11.9 Å². The molecule has 0 aliphatic heterocycles. The minimum Gasteiger partial charge on any atom is -0.390 e. The highest BCUT2D eigenvalue weighted by molar-refractivity contribution is 6.30. The molecule has 2 rings (SSSR count). The molecule has 1 aromatic carbocycles. The van der Waals surface area contributed by atoms with Gasteiger partial charge in [0.25, 0.3) is 0 Å². The molecule has 7 nitrogen and oxygen atoms in total. The van der Waals surface area contributed by atoms with Crippen molar-refractivity contribution >= 4 is 40.4 Å². The predicted molar refractivity (Wildman–Crippen MR) is 104 cm³/mol. The molecule has 0 unspecified atom stereocenters. The third-order valence-corrected chi connectivity index (χ3v) is 3.83. The van der Waals surface area contributed by atoms with Gasteiger partial charge in [-0.05, 0) is 18.2 Å². The lowest BCUT2D eigenvalue weighted by molar-refractivity contribution is -0.0605. The van der Waals surface area contributed by atoms with E-state index in [2.05, 4.69) is 20.6 Å². The molecule has 12 heteroatoms. The van der Waals surface area contributed by atoms with Gasteiger partial charge in [-0.3, -0.25) is 9.98 Å². The fourth-order valence-electron chi connectivity index (χ4n) is 2.18. The number of hydrogen-bond donors (Lipinski definition) is 4. The molecular formula is C18H16ClF4N5O2. The van der Waals surface area contributed by atoms with Gasteiger partial charge in [-0.2, -0.15) is 13.2 Å². The lowest BCUT2D eigenvalue weighted by Gasteiger charge is -2.13. The van der Waals surface area contributed by atoms with Crippen LogP contribution in [0.3, 0.4) is 0 Å². The van der Waals surface area contributed by atoms with E-state index >= 15 is 0 Å². The van der Waals surface area contributed by atoms with Crippen molar-refractivity contribution < 1.29 is 27.5 Å². The first-order valence-electron chi connectivity index (χ1n) is 8.35. The van der Waals surface area contributed by atoms with E-state index in [9.17, 15) is 22.4 Å². The zero-order valence-electron chi connectivity index (χ0n) is 15.2. The van der Waals surface area contributed by atoms with Gasteiger partial charge >= 0.3 is 12.2 Å². The number of aliphatic hydroxyl groups is 1. The van der Waals surface area contributed by atoms with E-state index in [-0.39, 0.29) is 22.8 Å². The minimum atomic E-state index is -4.84. The van der Waals surface area contributed by atoms with Gasteiger partial charge in [0.2, 0.25) is 0 Å². The average molecular weight is 446 g/mol. The van der Waals surface area contributed by atoms with Crippen LogP contribution in [0.5, 0.6) is 0 Å². The quantitative estimate of drug-likeness (QED) is 0.378. The Labute approximate surface area is 173 Å². The number of carbonyl (C=O) groups is 1. The average Bonchev–Trinajstić information content (AvgIpc) is 2.65. The standard InChI is InChI=1S/C18H16ClF4N5O2/c19-10-2-1-3-11(4-10)27-13(6-16(24)18(21,22)23)8-26-17(30)28-12-5-14(20)15(9-29)25-7-12/h1-5,7,24,29H,6,8-9H2,(H2,26,28,30). The van der Waals surface area contributed by atoms with Crippen LogP contribution in [-0.4, -0.2) is 40.3 Å². The molecule has 160 valence electrons. The summed E-state index contributed by atoms with van der Waals surface area (Å²) in [6.07, 6.45) is -4.58. The Balaban J connectivity index is 2.10. The zero-order chi connectivity index (χ0) is 22.3. The maximum Gasteiger partial charge on any atom is 0.429 e. The van der Waals surface area contributed by atoms with Crippen molar-refractivity contribution in [2.24, 2.45) is 4.99 Å². The van der Waals surface area contributed by atoms with Crippen molar-refractivity contribution in [3.63, 3.8) is 0 Å². The van der Waals surface area contributed by atoms with E-state index < -0.39 is 43.3 Å². The number of rotatable bonds is 7. The van der Waals surface area contributed by atoms with Crippen LogP contribution < -0.4 is 10.6 Å². The van der Waals surface area contributed by atoms with Gasteiger partial charge in [0.15, 0.2) is 0 Å². The summed E-state index contributed by atoms with van der Waals surface area (Å²) in [4.78, 5) is 19.7. The predicted octanol–water partition coefficient (Wildman–Crippen LogP) is 4.23. The Bertz CT molecular complexity index is 966. The van der Waals surface area contributed by atoms with Crippen LogP contribution in [-0.2, 0) is 6.61 Å². The Hall–Kier alpha value is -3.05. The highest BCUT2D eigenvalue weighted by Crippen LogP contribution is 2.21. The molecular weight excluding hydrogens is 430 g/mol. The summed E-state index contributed by atoms with van der Waals surface area (Å²) in [5, 5.41) is 20.9. The van der Waals surface area contributed by atoms with E-state index in [1.165, 1.54) is 12.1 Å². The molecule has 0 atom stereocenters. The van der Waals surface area contributed by atoms with E-state index in [1.807, 2.05) is 0 Å². The molecule has 2 amide bonds. The molecule has 0 aliphatic carbocycles. The number of anilines is 1. The first-order chi connectivity index (χ1) is 14.1. The number of halogens is 5. The van der Waals surface area contributed by atoms with Gasteiger partial charge in [0, 0.05) is 23.2 Å². The van der Waals surface area contributed by atoms with Crippen LogP contribution in [0, 0.1) is 11.2 Å². The SMILES string of the molecule is N=C(CC(CNC(=O)Nc1cnc(CO)c(F)c1)=Nc1cccc(Cl)c1)C(F)(F)F. The maximum absolute atomic E-state index is 13.6. The van der Waals surface area contributed by atoms with Crippen molar-refractivity contribution in [3.8, 4) is 0 Å². The lowest BCUT2D eigenvalue weighted by atomic mass is 10.1. The molecule has 0 spiro atoms. The second-order valence-corrected chi connectivity index (χ2v) is 6.37. The van der Waals surface area contributed by atoms with Gasteiger partial charge in [-0.15, -0.1) is 0 Å². The number of amides is 2. The fourth-order valence-corrected chi connectivity index (χ4v) is 2.37. The Morgan fingerprint density at radius 3 is 2.63 bits per heavy atom. The molecule has 0 saturated heterocycles. The number of nitrogens with one attached hydrogen (secondary N) is 3. The summed E-state index contributed by atoms with van der Waals surface area (Å²) < 4.78 is 51.8. The molecule has 0 aliphatic rings. The molecule has 0 radical (unpaired) electrons. The fraction of sp³-hybridized carbons (Fsp3) is 0.222. The van der Waals surface area contributed by atoms with Crippen molar-refractivity contribution in [1.29, 1.82) is 5.41 Å². The summed E-state index contributed by atoms with van der Waals surface area (Å²) >= 11 is 5.84. The second-order valence-electron chi connectivity index (χ2n) is 5.93. The number of benzene rings is 1. The monoisotopic (exact) mass is 445 g/mol. The number of aromatic nitrogens is 1. The number of alkyl halides is 3. The summed E-state index contributed by atoms with van der Waals surface area (Å²) in [5.41, 5.74) is -1.66. The molecule has 0 fully saturated rings. The summed E-state index contributed by atoms with van der Waals surface area (Å²) in [7, 11) is 0. The minimum absolute atomic E-state index is 0.0291. The van der Waals surface area contributed by atoms with Crippen LogP contribution in [0.15, 0.2) is 41.5 Å². The van der Waals surface area contributed by atoms with Crippen LogP contribution >= 0.6 is 11.6 Å². The topological polar surface area (TPSA) is 110 Å². The zero-order valence-corrected chi connectivity index (χ0v) is 16.0. The molecule has 1 aromatic heterocycles. The molecule has 30 heavy (non-hydrogen) atoms. The Morgan fingerprint density at radius 2 is 2.03 bits per heavy atom. The van der Waals surface area contributed by atoms with Gasteiger partial charge in [-0.25, -0.2) is 9.18 Å². The van der Waals surface area contributed by atoms with Crippen molar-refractivity contribution in [1.82, 2.24) is 10.3 Å². The lowest BCUT2D eigenvalue weighted by Crippen LogP contribution is -2.35. The molecule has 1 heterocycles. The highest BCUT2D eigenvalue weighted by Gasteiger charge is 2.34. The van der Waals surface area contributed by atoms with Crippen LogP contribution in [0.1, 0.15) is 12.1 Å². The third kappa shape index (κ3) is 7.08. The third-order valence-electron chi connectivity index (χ3n) is 3.60. The smallest absolute Gasteiger partial charge is 0.390 e. The molecule has 0 saturated carbocycles.